The summed E-state index contributed by atoms with van der Waals surface area (Å²) in [7, 11) is 0.775. The zero-order chi connectivity index (χ0) is 13.1. The third-order valence-electron chi connectivity index (χ3n) is 2.34. The monoisotopic (exact) mass is 255 g/mol. The minimum absolute atomic E-state index is 0.00117. The molecule has 0 aliphatic carbocycles. The van der Waals surface area contributed by atoms with Crippen molar-refractivity contribution in [3.8, 4) is 0 Å². The van der Waals surface area contributed by atoms with E-state index in [0.717, 1.165) is 12.0 Å². The van der Waals surface area contributed by atoms with Gasteiger partial charge in [0.25, 0.3) is 0 Å². The van der Waals surface area contributed by atoms with Gasteiger partial charge in [0, 0.05) is 18.8 Å². The molecule has 0 aliphatic heterocycles. The van der Waals surface area contributed by atoms with Gasteiger partial charge in [0.1, 0.15) is 0 Å². The Bertz CT molecular complexity index is 406. The lowest BCUT2D eigenvalue weighted by atomic mass is 10.1. The van der Waals surface area contributed by atoms with Crippen LogP contribution < -0.4 is 4.72 Å². The Morgan fingerprint density at radius 2 is 2.29 bits per heavy atom. The fourth-order valence-corrected chi connectivity index (χ4v) is 2.19. The van der Waals surface area contributed by atoms with Crippen molar-refractivity contribution in [1.29, 1.82) is 0 Å². The van der Waals surface area contributed by atoms with Crippen LogP contribution in [0, 0.1) is 0 Å². The molecule has 4 nitrogen and oxygen atoms in total. The van der Waals surface area contributed by atoms with E-state index in [9.17, 15) is 4.21 Å². The van der Waals surface area contributed by atoms with Crippen LogP contribution in [-0.4, -0.2) is 18.7 Å². The van der Waals surface area contributed by atoms with Crippen LogP contribution >= 0.6 is 0 Å². The Labute approximate surface area is 106 Å². The standard InChI is InChI=1S/C12H21N3OS/c1-6-7-11(10-8-13-15(5)9-10)14-17(16)12(2,3)4/h6,8-9,11,14H,1,7H2,2-5H3/t11-,17?/m0/s1. The molecule has 0 aliphatic rings. The van der Waals surface area contributed by atoms with Crippen molar-refractivity contribution in [3.63, 3.8) is 0 Å². The van der Waals surface area contributed by atoms with Crippen molar-refractivity contribution < 1.29 is 4.21 Å². The molecule has 0 spiro atoms. The van der Waals surface area contributed by atoms with E-state index < -0.39 is 11.0 Å². The molecule has 17 heavy (non-hydrogen) atoms. The summed E-state index contributed by atoms with van der Waals surface area (Å²) in [6.07, 6.45) is 6.28. The zero-order valence-electron chi connectivity index (χ0n) is 10.9. The minimum Gasteiger partial charge on any atom is -0.275 e. The van der Waals surface area contributed by atoms with Gasteiger partial charge in [-0.1, -0.05) is 6.08 Å². The van der Waals surface area contributed by atoms with E-state index in [1.54, 1.807) is 10.9 Å². The highest BCUT2D eigenvalue weighted by molar-refractivity contribution is 7.84. The summed E-state index contributed by atoms with van der Waals surface area (Å²) in [5.41, 5.74) is 1.03. The van der Waals surface area contributed by atoms with E-state index in [-0.39, 0.29) is 10.8 Å². The predicted octanol–water partition coefficient (Wildman–Crippen LogP) is 2.09. The molecule has 1 unspecified atom stereocenters. The van der Waals surface area contributed by atoms with Crippen molar-refractivity contribution in [3.05, 3.63) is 30.6 Å². The number of nitrogens with zero attached hydrogens (tertiary/aromatic N) is 2. The van der Waals surface area contributed by atoms with Crippen LogP contribution in [0.3, 0.4) is 0 Å². The largest absolute Gasteiger partial charge is 0.275 e. The first-order valence-corrected chi connectivity index (χ1v) is 6.77. The molecule has 0 amide bonds. The summed E-state index contributed by atoms with van der Waals surface area (Å²) in [6, 6.07) is 0.00117. The Kier molecular flexibility index (Phi) is 4.65. The second-order valence-corrected chi connectivity index (χ2v) is 7.02. The Morgan fingerprint density at radius 1 is 1.65 bits per heavy atom. The highest BCUT2D eigenvalue weighted by Crippen LogP contribution is 2.20. The fourth-order valence-electron chi connectivity index (χ4n) is 1.34. The normalized spacial score (nSPS) is 15.5. The molecule has 1 aromatic rings. The van der Waals surface area contributed by atoms with E-state index in [1.165, 1.54) is 0 Å². The maximum Gasteiger partial charge on any atom is 0.0976 e. The van der Waals surface area contributed by atoms with Crippen molar-refractivity contribution >= 4 is 11.0 Å². The van der Waals surface area contributed by atoms with Gasteiger partial charge in [0.2, 0.25) is 0 Å². The number of nitrogens with one attached hydrogen (secondary N) is 1. The lowest BCUT2D eigenvalue weighted by molar-refractivity contribution is 0.601. The average molecular weight is 255 g/mol. The molecule has 0 aromatic carbocycles. The highest BCUT2D eigenvalue weighted by atomic mass is 32.2. The van der Waals surface area contributed by atoms with Gasteiger partial charge < -0.3 is 0 Å². The number of aromatic nitrogens is 2. The molecular weight excluding hydrogens is 234 g/mol. The molecule has 5 heteroatoms. The number of hydrogen-bond donors (Lipinski definition) is 1. The molecular formula is C12H21N3OS. The highest BCUT2D eigenvalue weighted by Gasteiger charge is 2.23. The van der Waals surface area contributed by atoms with Crippen LogP contribution in [0.5, 0.6) is 0 Å². The molecule has 1 rings (SSSR count). The molecule has 2 atom stereocenters. The first-order valence-electron chi connectivity index (χ1n) is 5.62. The van der Waals surface area contributed by atoms with Crippen LogP contribution in [-0.2, 0) is 18.0 Å². The Hall–Kier alpha value is -0.940. The second-order valence-electron chi connectivity index (χ2n) is 5.02. The van der Waals surface area contributed by atoms with E-state index in [2.05, 4.69) is 16.4 Å². The van der Waals surface area contributed by atoms with E-state index in [4.69, 9.17) is 0 Å². The van der Waals surface area contributed by atoms with E-state index >= 15 is 0 Å². The van der Waals surface area contributed by atoms with Crippen LogP contribution in [0.4, 0.5) is 0 Å². The maximum atomic E-state index is 12.1. The first kappa shape index (κ1) is 14.1. The lowest BCUT2D eigenvalue weighted by Gasteiger charge is -2.22. The second kappa shape index (κ2) is 5.60. The summed E-state index contributed by atoms with van der Waals surface area (Å²) in [5.74, 6) is 0. The average Bonchev–Trinajstić information content (AvgIpc) is 2.62. The van der Waals surface area contributed by atoms with Crippen molar-refractivity contribution in [2.75, 3.05) is 0 Å². The lowest BCUT2D eigenvalue weighted by Crippen LogP contribution is -2.35. The third kappa shape index (κ3) is 4.09. The van der Waals surface area contributed by atoms with Gasteiger partial charge in [-0.2, -0.15) is 5.10 Å². The van der Waals surface area contributed by atoms with Crippen LogP contribution in [0.15, 0.2) is 25.0 Å². The van der Waals surface area contributed by atoms with Gasteiger partial charge in [-0.05, 0) is 27.2 Å². The molecule has 0 saturated carbocycles. The van der Waals surface area contributed by atoms with Crippen LogP contribution in [0.1, 0.15) is 38.8 Å². The molecule has 0 saturated heterocycles. The minimum atomic E-state index is -1.09. The molecule has 0 bridgehead atoms. The SMILES string of the molecule is C=CC[C@H](NS(=O)C(C)(C)C)c1cnn(C)c1. The van der Waals surface area contributed by atoms with Gasteiger partial charge in [0.15, 0.2) is 0 Å². The molecule has 1 aromatic heterocycles. The van der Waals surface area contributed by atoms with Gasteiger partial charge in [-0.15, -0.1) is 6.58 Å². The first-order chi connectivity index (χ1) is 7.84. The van der Waals surface area contributed by atoms with Crippen molar-refractivity contribution in [1.82, 2.24) is 14.5 Å². The van der Waals surface area contributed by atoms with E-state index in [1.807, 2.05) is 40.1 Å². The summed E-state index contributed by atoms with van der Waals surface area (Å²) in [5, 5.41) is 4.13. The number of aryl methyl sites for hydroxylation is 1. The molecule has 96 valence electrons. The molecule has 1 heterocycles. The molecule has 0 fully saturated rings. The maximum absolute atomic E-state index is 12.1. The topological polar surface area (TPSA) is 46.9 Å². The summed E-state index contributed by atoms with van der Waals surface area (Å²) >= 11 is 0. The van der Waals surface area contributed by atoms with Gasteiger partial charge in [-0.25, -0.2) is 8.93 Å². The van der Waals surface area contributed by atoms with Crippen molar-refractivity contribution in [2.45, 2.75) is 38.0 Å². The quantitative estimate of drug-likeness (QED) is 0.819. The van der Waals surface area contributed by atoms with Crippen molar-refractivity contribution in [2.24, 2.45) is 7.05 Å². The Balaban J connectivity index is 2.80. The van der Waals surface area contributed by atoms with Gasteiger partial charge in [0.05, 0.1) is 28.0 Å². The Morgan fingerprint density at radius 3 is 2.71 bits per heavy atom. The summed E-state index contributed by atoms with van der Waals surface area (Å²) in [4.78, 5) is 0. The summed E-state index contributed by atoms with van der Waals surface area (Å²) in [6.45, 7) is 9.58. The van der Waals surface area contributed by atoms with Crippen LogP contribution in [0.25, 0.3) is 0 Å². The predicted molar refractivity (Wildman–Crippen MR) is 71.8 cm³/mol. The van der Waals surface area contributed by atoms with Gasteiger partial charge >= 0.3 is 0 Å². The fraction of sp³-hybridized carbons (Fsp3) is 0.583. The molecule has 0 radical (unpaired) electrons. The smallest absolute Gasteiger partial charge is 0.0976 e. The van der Waals surface area contributed by atoms with Gasteiger partial charge in [-0.3, -0.25) is 4.68 Å². The number of rotatable bonds is 5. The van der Waals surface area contributed by atoms with Crippen LogP contribution in [0.2, 0.25) is 0 Å². The third-order valence-corrected chi connectivity index (χ3v) is 3.95. The van der Waals surface area contributed by atoms with E-state index in [0.29, 0.717) is 0 Å². The number of hydrogen-bond acceptors (Lipinski definition) is 2. The summed E-state index contributed by atoms with van der Waals surface area (Å²) < 4.78 is 16.7. The zero-order valence-corrected chi connectivity index (χ0v) is 11.8. The molecule has 1 N–H and O–H groups in total.